The number of hydrogen-bond acceptors (Lipinski definition) is 3. The lowest BCUT2D eigenvalue weighted by molar-refractivity contribution is 0.0314. The highest BCUT2D eigenvalue weighted by Gasteiger charge is 2.34. The minimum absolute atomic E-state index is 0.108. The normalized spacial score (nSPS) is 22.8. The van der Waals surface area contributed by atoms with E-state index in [0.29, 0.717) is 6.61 Å². The Morgan fingerprint density at radius 2 is 2.28 bits per heavy atom. The zero-order valence-electron chi connectivity index (χ0n) is 10.4. The maximum absolute atomic E-state index is 12.0. The largest absolute Gasteiger partial charge is 0.444 e. The van der Waals surface area contributed by atoms with Gasteiger partial charge in [0.2, 0.25) is 0 Å². The zero-order chi connectivity index (χ0) is 13.0. The topological polar surface area (TPSA) is 38.8 Å². The standard InChI is InChI=1S/C14H17NO3/c1-3-13-10-17-11(2)15(13)14(16)18-9-12-7-5-4-6-8-12/h3-8,11,13H,1,9-10H2,2H3. The summed E-state index contributed by atoms with van der Waals surface area (Å²) in [5, 5.41) is 0. The monoisotopic (exact) mass is 247 g/mol. The third kappa shape index (κ3) is 2.71. The van der Waals surface area contributed by atoms with Gasteiger partial charge in [0.1, 0.15) is 12.8 Å². The Kier molecular flexibility index (Phi) is 3.99. The fourth-order valence-corrected chi connectivity index (χ4v) is 1.93. The van der Waals surface area contributed by atoms with Gasteiger partial charge in [-0.05, 0) is 12.5 Å². The van der Waals surface area contributed by atoms with E-state index in [1.807, 2.05) is 37.3 Å². The Bertz CT molecular complexity index is 418. The molecule has 4 heteroatoms. The third-order valence-corrected chi connectivity index (χ3v) is 2.95. The Hall–Kier alpha value is -1.81. The molecule has 0 N–H and O–H groups in total. The molecule has 96 valence electrons. The molecule has 1 aromatic carbocycles. The summed E-state index contributed by atoms with van der Waals surface area (Å²) < 4.78 is 10.7. The van der Waals surface area contributed by atoms with Crippen molar-refractivity contribution in [3.8, 4) is 0 Å². The second-order valence-electron chi connectivity index (χ2n) is 4.18. The zero-order valence-corrected chi connectivity index (χ0v) is 10.4. The fourth-order valence-electron chi connectivity index (χ4n) is 1.93. The molecule has 1 aromatic rings. The van der Waals surface area contributed by atoms with Gasteiger partial charge < -0.3 is 9.47 Å². The Balaban J connectivity index is 1.93. The summed E-state index contributed by atoms with van der Waals surface area (Å²) in [6.45, 7) is 6.27. The molecule has 18 heavy (non-hydrogen) atoms. The van der Waals surface area contributed by atoms with Crippen molar-refractivity contribution in [1.82, 2.24) is 4.90 Å². The number of hydrogen-bond donors (Lipinski definition) is 0. The number of rotatable bonds is 3. The SMILES string of the molecule is C=CC1COC(C)N1C(=O)OCc1ccccc1. The van der Waals surface area contributed by atoms with Crippen molar-refractivity contribution >= 4 is 6.09 Å². The molecule has 1 saturated heterocycles. The molecule has 1 fully saturated rings. The van der Waals surface area contributed by atoms with Gasteiger partial charge in [0, 0.05) is 0 Å². The van der Waals surface area contributed by atoms with E-state index in [1.54, 1.807) is 11.0 Å². The van der Waals surface area contributed by atoms with Crippen LogP contribution in [-0.2, 0) is 16.1 Å². The van der Waals surface area contributed by atoms with Crippen LogP contribution in [0.2, 0.25) is 0 Å². The second kappa shape index (κ2) is 5.69. The molecular formula is C14H17NO3. The first-order chi connectivity index (χ1) is 8.72. The highest BCUT2D eigenvalue weighted by atomic mass is 16.6. The van der Waals surface area contributed by atoms with Crippen molar-refractivity contribution < 1.29 is 14.3 Å². The van der Waals surface area contributed by atoms with E-state index in [9.17, 15) is 4.79 Å². The van der Waals surface area contributed by atoms with Crippen LogP contribution in [0, 0.1) is 0 Å². The van der Waals surface area contributed by atoms with E-state index < -0.39 is 0 Å². The van der Waals surface area contributed by atoms with Crippen LogP contribution < -0.4 is 0 Å². The predicted molar refractivity (Wildman–Crippen MR) is 67.9 cm³/mol. The van der Waals surface area contributed by atoms with Gasteiger partial charge in [-0.1, -0.05) is 36.4 Å². The molecule has 0 bridgehead atoms. The van der Waals surface area contributed by atoms with E-state index in [4.69, 9.17) is 9.47 Å². The fraction of sp³-hybridized carbons (Fsp3) is 0.357. The summed E-state index contributed by atoms with van der Waals surface area (Å²) in [7, 11) is 0. The summed E-state index contributed by atoms with van der Waals surface area (Å²) in [5.41, 5.74) is 0.966. The van der Waals surface area contributed by atoms with E-state index >= 15 is 0 Å². The lowest BCUT2D eigenvalue weighted by Crippen LogP contribution is -2.40. The minimum atomic E-state index is -0.367. The van der Waals surface area contributed by atoms with Crippen LogP contribution >= 0.6 is 0 Å². The highest BCUT2D eigenvalue weighted by Crippen LogP contribution is 2.19. The van der Waals surface area contributed by atoms with Gasteiger partial charge in [-0.25, -0.2) is 4.79 Å². The van der Waals surface area contributed by atoms with Crippen molar-refractivity contribution in [1.29, 1.82) is 0 Å². The maximum atomic E-state index is 12.0. The average Bonchev–Trinajstić information content (AvgIpc) is 2.78. The summed E-state index contributed by atoms with van der Waals surface area (Å²) in [5.74, 6) is 0. The Labute approximate surface area is 107 Å². The number of nitrogens with zero attached hydrogens (tertiary/aromatic N) is 1. The van der Waals surface area contributed by atoms with Crippen LogP contribution in [0.25, 0.3) is 0 Å². The smallest absolute Gasteiger partial charge is 0.412 e. The molecule has 2 atom stereocenters. The molecule has 1 heterocycles. The first kappa shape index (κ1) is 12.6. The molecule has 1 aliphatic rings. The van der Waals surface area contributed by atoms with Crippen LogP contribution in [0.4, 0.5) is 4.79 Å². The van der Waals surface area contributed by atoms with Crippen LogP contribution in [-0.4, -0.2) is 29.9 Å². The van der Waals surface area contributed by atoms with Crippen molar-refractivity contribution in [2.24, 2.45) is 0 Å². The van der Waals surface area contributed by atoms with Gasteiger partial charge in [0.05, 0.1) is 12.6 Å². The molecular weight excluding hydrogens is 230 g/mol. The highest BCUT2D eigenvalue weighted by molar-refractivity contribution is 5.69. The van der Waals surface area contributed by atoms with Gasteiger partial charge in [-0.2, -0.15) is 0 Å². The maximum Gasteiger partial charge on any atom is 0.412 e. The summed E-state index contributed by atoms with van der Waals surface area (Å²) in [6.07, 6.45) is 1.07. The van der Waals surface area contributed by atoms with Crippen molar-refractivity contribution in [2.75, 3.05) is 6.61 Å². The molecule has 1 amide bonds. The molecule has 4 nitrogen and oxygen atoms in total. The van der Waals surface area contributed by atoms with E-state index in [2.05, 4.69) is 6.58 Å². The van der Waals surface area contributed by atoms with Gasteiger partial charge in [0.15, 0.2) is 0 Å². The molecule has 0 spiro atoms. The molecule has 0 aromatic heterocycles. The molecule has 0 aliphatic carbocycles. The third-order valence-electron chi connectivity index (χ3n) is 2.95. The van der Waals surface area contributed by atoms with Crippen LogP contribution in [0.1, 0.15) is 12.5 Å². The number of carbonyl (C=O) groups is 1. The van der Waals surface area contributed by atoms with Gasteiger partial charge in [0.25, 0.3) is 0 Å². The first-order valence-electron chi connectivity index (χ1n) is 5.95. The van der Waals surface area contributed by atoms with E-state index in [-0.39, 0.29) is 25.0 Å². The molecule has 2 unspecified atom stereocenters. The molecule has 0 radical (unpaired) electrons. The minimum Gasteiger partial charge on any atom is -0.444 e. The quantitative estimate of drug-likeness (QED) is 0.770. The van der Waals surface area contributed by atoms with Gasteiger partial charge in [-0.15, -0.1) is 6.58 Å². The van der Waals surface area contributed by atoms with Gasteiger partial charge in [-0.3, -0.25) is 4.90 Å². The molecule has 0 saturated carbocycles. The summed E-state index contributed by atoms with van der Waals surface area (Å²) >= 11 is 0. The lowest BCUT2D eigenvalue weighted by atomic mass is 10.2. The Morgan fingerprint density at radius 1 is 1.56 bits per heavy atom. The van der Waals surface area contributed by atoms with E-state index in [0.717, 1.165) is 5.56 Å². The van der Waals surface area contributed by atoms with Crippen LogP contribution in [0.3, 0.4) is 0 Å². The van der Waals surface area contributed by atoms with E-state index in [1.165, 1.54) is 0 Å². The van der Waals surface area contributed by atoms with Gasteiger partial charge >= 0.3 is 6.09 Å². The van der Waals surface area contributed by atoms with Crippen molar-refractivity contribution in [3.63, 3.8) is 0 Å². The number of ether oxygens (including phenoxy) is 2. The number of benzene rings is 1. The predicted octanol–water partition coefficient (Wildman–Crippen LogP) is 2.56. The molecule has 2 rings (SSSR count). The Morgan fingerprint density at radius 3 is 2.94 bits per heavy atom. The first-order valence-corrected chi connectivity index (χ1v) is 5.95. The van der Waals surface area contributed by atoms with Crippen LogP contribution in [0.15, 0.2) is 43.0 Å². The summed E-state index contributed by atoms with van der Waals surface area (Å²) in [6, 6.07) is 9.48. The molecule has 1 aliphatic heterocycles. The number of carbonyl (C=O) groups excluding carboxylic acids is 1. The summed E-state index contributed by atoms with van der Waals surface area (Å²) in [4.78, 5) is 13.5. The van der Waals surface area contributed by atoms with Crippen LogP contribution in [0.5, 0.6) is 0 Å². The second-order valence-corrected chi connectivity index (χ2v) is 4.18. The van der Waals surface area contributed by atoms with Crippen molar-refractivity contribution in [2.45, 2.75) is 25.8 Å². The average molecular weight is 247 g/mol. The van der Waals surface area contributed by atoms with Crippen molar-refractivity contribution in [3.05, 3.63) is 48.6 Å². The number of amides is 1. The lowest BCUT2D eigenvalue weighted by Gasteiger charge is -2.23.